The number of amides is 1. The average molecular weight is 306 g/mol. The molecule has 21 heavy (non-hydrogen) atoms. The number of fused-ring (bicyclic) bond motifs is 1. The maximum Gasteiger partial charge on any atom is 0.264 e. The van der Waals surface area contributed by atoms with Gasteiger partial charge in [0.1, 0.15) is 5.75 Å². The van der Waals surface area contributed by atoms with E-state index in [-0.39, 0.29) is 12.0 Å². The Morgan fingerprint density at radius 3 is 2.81 bits per heavy atom. The minimum absolute atomic E-state index is 0.133. The van der Waals surface area contributed by atoms with Crippen molar-refractivity contribution in [1.29, 1.82) is 0 Å². The summed E-state index contributed by atoms with van der Waals surface area (Å²) in [5.74, 6) is 2.18. The molecule has 0 N–H and O–H groups in total. The van der Waals surface area contributed by atoms with Crippen LogP contribution >= 0.6 is 11.8 Å². The highest BCUT2D eigenvalue weighted by atomic mass is 32.2. The third kappa shape index (κ3) is 2.90. The van der Waals surface area contributed by atoms with Crippen LogP contribution < -0.4 is 4.74 Å². The van der Waals surface area contributed by atoms with E-state index in [1.54, 1.807) is 11.8 Å². The van der Waals surface area contributed by atoms with Gasteiger partial charge in [-0.05, 0) is 32.1 Å². The quantitative estimate of drug-likeness (QED) is 0.836. The Bertz CT molecular complexity index is 535. The van der Waals surface area contributed by atoms with Crippen LogP contribution in [0.15, 0.2) is 29.2 Å². The lowest BCUT2D eigenvalue weighted by Gasteiger charge is -2.28. The number of para-hydroxylation sites is 1. The fraction of sp³-hybridized carbons (Fsp3) is 0.562. The van der Waals surface area contributed by atoms with E-state index in [0.717, 1.165) is 23.7 Å². The summed E-state index contributed by atoms with van der Waals surface area (Å²) < 4.78 is 5.91. The molecular weight excluding hydrogens is 284 g/mol. The Morgan fingerprint density at radius 1 is 1.33 bits per heavy atom. The smallest absolute Gasteiger partial charge is 0.264 e. The standard InChI is InChI=1S/C16H22N2O2S/c1-11-8-18(9-12(11)17(2)3)16(19)14-10-21-15-7-5-4-6-13(15)20-14/h4-7,11-12,14H,8-10H2,1-3H3. The molecule has 4 nitrogen and oxygen atoms in total. The molecule has 1 aromatic rings. The normalized spacial score (nSPS) is 28.4. The molecular formula is C16H22N2O2S. The summed E-state index contributed by atoms with van der Waals surface area (Å²) in [6.07, 6.45) is -0.349. The number of thioether (sulfide) groups is 1. The third-order valence-corrected chi connectivity index (χ3v) is 5.45. The summed E-state index contributed by atoms with van der Waals surface area (Å²) in [6, 6.07) is 8.38. The van der Waals surface area contributed by atoms with Gasteiger partial charge in [-0.15, -0.1) is 11.8 Å². The number of rotatable bonds is 2. The van der Waals surface area contributed by atoms with Crippen LogP contribution in [0.25, 0.3) is 0 Å². The van der Waals surface area contributed by atoms with Crippen molar-refractivity contribution < 1.29 is 9.53 Å². The molecule has 0 spiro atoms. The van der Waals surface area contributed by atoms with Gasteiger partial charge < -0.3 is 14.5 Å². The lowest BCUT2D eigenvalue weighted by Crippen LogP contribution is -2.44. The van der Waals surface area contributed by atoms with Crippen LogP contribution in [0, 0.1) is 5.92 Å². The van der Waals surface area contributed by atoms with E-state index in [9.17, 15) is 4.79 Å². The van der Waals surface area contributed by atoms with Gasteiger partial charge in [0.05, 0.1) is 0 Å². The molecule has 0 bridgehead atoms. The highest BCUT2D eigenvalue weighted by Gasteiger charge is 2.38. The number of hydrogen-bond acceptors (Lipinski definition) is 4. The van der Waals surface area contributed by atoms with Gasteiger partial charge >= 0.3 is 0 Å². The van der Waals surface area contributed by atoms with E-state index >= 15 is 0 Å². The van der Waals surface area contributed by atoms with Crippen molar-refractivity contribution in [3.05, 3.63) is 24.3 Å². The Morgan fingerprint density at radius 2 is 2.10 bits per heavy atom. The van der Waals surface area contributed by atoms with E-state index in [0.29, 0.717) is 17.7 Å². The van der Waals surface area contributed by atoms with Crippen molar-refractivity contribution in [2.75, 3.05) is 32.9 Å². The Labute approximate surface area is 130 Å². The van der Waals surface area contributed by atoms with E-state index < -0.39 is 0 Å². The summed E-state index contributed by atoms with van der Waals surface area (Å²) >= 11 is 1.71. The fourth-order valence-corrected chi connectivity index (χ4v) is 4.12. The average Bonchev–Trinajstić information content (AvgIpc) is 2.88. The van der Waals surface area contributed by atoms with Crippen LogP contribution in [0.1, 0.15) is 6.92 Å². The molecule has 2 aliphatic heterocycles. The van der Waals surface area contributed by atoms with Crippen molar-refractivity contribution in [2.24, 2.45) is 5.92 Å². The molecule has 1 saturated heterocycles. The number of likely N-dealkylation sites (tertiary alicyclic amines) is 1. The second-order valence-electron chi connectivity index (χ2n) is 6.12. The van der Waals surface area contributed by atoms with E-state index in [2.05, 4.69) is 25.9 Å². The first-order chi connectivity index (χ1) is 10.1. The van der Waals surface area contributed by atoms with E-state index in [1.807, 2.05) is 29.2 Å². The van der Waals surface area contributed by atoms with Crippen LogP contribution in [-0.2, 0) is 4.79 Å². The highest BCUT2D eigenvalue weighted by Crippen LogP contribution is 2.35. The van der Waals surface area contributed by atoms with Gasteiger partial charge in [0, 0.05) is 29.8 Å². The van der Waals surface area contributed by atoms with E-state index in [1.165, 1.54) is 0 Å². The summed E-state index contributed by atoms with van der Waals surface area (Å²) in [4.78, 5) is 18.0. The minimum atomic E-state index is -0.349. The fourth-order valence-electron chi connectivity index (χ4n) is 3.15. The SMILES string of the molecule is CC1CN(C(=O)C2CSc3ccccc3O2)CC1N(C)C. The molecule has 3 atom stereocenters. The first-order valence-corrected chi connectivity index (χ1v) is 8.38. The molecule has 3 rings (SSSR count). The largest absolute Gasteiger partial charge is 0.479 e. The molecule has 0 aromatic heterocycles. The summed E-state index contributed by atoms with van der Waals surface area (Å²) in [5, 5.41) is 0. The zero-order valence-corrected chi connectivity index (χ0v) is 13.6. The lowest BCUT2D eigenvalue weighted by molar-refractivity contribution is -0.137. The molecule has 1 amide bonds. The van der Waals surface area contributed by atoms with Crippen LogP contribution in [0.2, 0.25) is 0 Å². The number of nitrogens with zero attached hydrogens (tertiary/aromatic N) is 2. The molecule has 1 fully saturated rings. The number of hydrogen-bond donors (Lipinski definition) is 0. The van der Waals surface area contributed by atoms with Crippen LogP contribution in [0.4, 0.5) is 0 Å². The van der Waals surface area contributed by atoms with Crippen LogP contribution in [0.5, 0.6) is 5.75 Å². The molecule has 2 heterocycles. The maximum atomic E-state index is 12.7. The topological polar surface area (TPSA) is 32.8 Å². The lowest BCUT2D eigenvalue weighted by atomic mass is 10.1. The summed E-state index contributed by atoms with van der Waals surface area (Å²) in [7, 11) is 4.16. The Balaban J connectivity index is 1.68. The zero-order valence-electron chi connectivity index (χ0n) is 12.8. The molecule has 2 aliphatic rings. The van der Waals surface area contributed by atoms with Gasteiger partial charge in [-0.2, -0.15) is 0 Å². The van der Waals surface area contributed by atoms with E-state index in [4.69, 9.17) is 4.74 Å². The number of likely N-dealkylation sites (N-methyl/N-ethyl adjacent to an activating group) is 1. The first kappa shape index (κ1) is 14.7. The molecule has 5 heteroatoms. The Hall–Kier alpha value is -1.20. The van der Waals surface area contributed by atoms with Gasteiger partial charge in [-0.25, -0.2) is 0 Å². The van der Waals surface area contributed by atoms with Gasteiger partial charge in [-0.1, -0.05) is 19.1 Å². The predicted octanol–water partition coefficient (Wildman–Crippen LogP) is 1.95. The molecule has 3 unspecified atom stereocenters. The number of carbonyl (C=O) groups excluding carboxylic acids is 1. The molecule has 1 aromatic carbocycles. The number of benzene rings is 1. The van der Waals surface area contributed by atoms with Crippen molar-refractivity contribution in [3.8, 4) is 5.75 Å². The van der Waals surface area contributed by atoms with Crippen LogP contribution in [-0.4, -0.2) is 60.8 Å². The molecule has 0 radical (unpaired) electrons. The van der Waals surface area contributed by atoms with Gasteiger partial charge in [-0.3, -0.25) is 4.79 Å². The molecule has 114 valence electrons. The molecule has 0 aliphatic carbocycles. The Kier molecular flexibility index (Phi) is 4.13. The van der Waals surface area contributed by atoms with Gasteiger partial charge in [0.25, 0.3) is 5.91 Å². The minimum Gasteiger partial charge on any atom is -0.479 e. The first-order valence-electron chi connectivity index (χ1n) is 7.40. The second-order valence-corrected chi connectivity index (χ2v) is 7.18. The van der Waals surface area contributed by atoms with Crippen LogP contribution in [0.3, 0.4) is 0 Å². The van der Waals surface area contributed by atoms with Crippen molar-refractivity contribution >= 4 is 17.7 Å². The zero-order chi connectivity index (χ0) is 15.0. The highest BCUT2D eigenvalue weighted by molar-refractivity contribution is 7.99. The second kappa shape index (κ2) is 5.89. The van der Waals surface area contributed by atoms with Gasteiger partial charge in [0.15, 0.2) is 6.10 Å². The van der Waals surface area contributed by atoms with Crippen molar-refractivity contribution in [1.82, 2.24) is 9.80 Å². The summed E-state index contributed by atoms with van der Waals surface area (Å²) in [6.45, 7) is 3.84. The third-order valence-electron chi connectivity index (χ3n) is 4.33. The van der Waals surface area contributed by atoms with Crippen molar-refractivity contribution in [2.45, 2.75) is 24.0 Å². The predicted molar refractivity (Wildman–Crippen MR) is 84.8 cm³/mol. The molecule has 0 saturated carbocycles. The number of ether oxygens (including phenoxy) is 1. The van der Waals surface area contributed by atoms with Gasteiger partial charge in [0.2, 0.25) is 0 Å². The monoisotopic (exact) mass is 306 g/mol. The summed E-state index contributed by atoms with van der Waals surface area (Å²) in [5.41, 5.74) is 0. The van der Waals surface area contributed by atoms with Crippen molar-refractivity contribution in [3.63, 3.8) is 0 Å². The number of carbonyl (C=O) groups is 1. The maximum absolute atomic E-state index is 12.7.